The highest BCUT2D eigenvalue weighted by molar-refractivity contribution is 5.93. The fourth-order valence-corrected chi connectivity index (χ4v) is 2.75. The SMILES string of the molecule is C=C(CCC)C(CC)(C(=O)CC)c1ccccc1. The van der Waals surface area contributed by atoms with E-state index in [0.29, 0.717) is 6.42 Å². The second-order valence-corrected chi connectivity index (χ2v) is 4.76. The predicted molar refractivity (Wildman–Crippen MR) is 77.8 cm³/mol. The van der Waals surface area contributed by atoms with Gasteiger partial charge in [0.05, 0.1) is 5.41 Å². The largest absolute Gasteiger partial charge is 0.298 e. The number of carbonyl (C=O) groups excluding carboxylic acids is 1. The molecule has 0 fully saturated rings. The first kappa shape index (κ1) is 14.7. The molecule has 0 saturated carbocycles. The van der Waals surface area contributed by atoms with Gasteiger partial charge in [-0.05, 0) is 18.4 Å². The van der Waals surface area contributed by atoms with Gasteiger partial charge in [-0.25, -0.2) is 0 Å². The van der Waals surface area contributed by atoms with Crippen molar-refractivity contribution >= 4 is 5.78 Å². The molecule has 0 aromatic heterocycles. The Balaban J connectivity index is 3.32. The molecule has 1 heteroatoms. The van der Waals surface area contributed by atoms with E-state index in [9.17, 15) is 4.79 Å². The van der Waals surface area contributed by atoms with Gasteiger partial charge in [0, 0.05) is 6.42 Å². The summed E-state index contributed by atoms with van der Waals surface area (Å²) in [6.45, 7) is 10.4. The molecule has 1 atom stereocenters. The van der Waals surface area contributed by atoms with E-state index in [2.05, 4.69) is 32.6 Å². The minimum atomic E-state index is -0.480. The zero-order chi connectivity index (χ0) is 13.6. The summed E-state index contributed by atoms with van der Waals surface area (Å²) in [5, 5.41) is 0. The van der Waals surface area contributed by atoms with Crippen LogP contribution in [0.1, 0.15) is 52.0 Å². The molecule has 0 amide bonds. The summed E-state index contributed by atoms with van der Waals surface area (Å²) in [6, 6.07) is 10.1. The van der Waals surface area contributed by atoms with Crippen molar-refractivity contribution in [2.45, 2.75) is 51.9 Å². The molecule has 1 unspecified atom stereocenters. The van der Waals surface area contributed by atoms with Crippen molar-refractivity contribution in [3.8, 4) is 0 Å². The van der Waals surface area contributed by atoms with Gasteiger partial charge in [0.25, 0.3) is 0 Å². The molecule has 1 rings (SSSR count). The van der Waals surface area contributed by atoms with E-state index in [-0.39, 0.29) is 5.78 Å². The number of allylic oxidation sites excluding steroid dienone is 1. The molecule has 0 aliphatic heterocycles. The molecule has 0 heterocycles. The quantitative estimate of drug-likeness (QED) is 0.637. The first-order valence-corrected chi connectivity index (χ1v) is 6.90. The third-order valence-corrected chi connectivity index (χ3v) is 3.75. The molecule has 0 N–H and O–H groups in total. The molecule has 0 aliphatic rings. The Hall–Kier alpha value is -1.37. The number of hydrogen-bond acceptors (Lipinski definition) is 1. The van der Waals surface area contributed by atoms with Crippen LogP contribution in [0.25, 0.3) is 0 Å². The topological polar surface area (TPSA) is 17.1 Å². The molecule has 0 aliphatic carbocycles. The minimum Gasteiger partial charge on any atom is -0.298 e. The highest BCUT2D eigenvalue weighted by Crippen LogP contribution is 2.38. The lowest BCUT2D eigenvalue weighted by molar-refractivity contribution is -0.123. The van der Waals surface area contributed by atoms with E-state index >= 15 is 0 Å². The van der Waals surface area contributed by atoms with Crippen LogP contribution < -0.4 is 0 Å². The van der Waals surface area contributed by atoms with Crippen LogP contribution in [0.3, 0.4) is 0 Å². The summed E-state index contributed by atoms with van der Waals surface area (Å²) in [6.07, 6.45) is 3.30. The molecular formula is C17H24O. The Morgan fingerprint density at radius 3 is 2.22 bits per heavy atom. The maximum absolute atomic E-state index is 12.5. The number of rotatable bonds is 7. The third kappa shape index (κ3) is 2.55. The summed E-state index contributed by atoms with van der Waals surface area (Å²) >= 11 is 0. The lowest BCUT2D eigenvalue weighted by Crippen LogP contribution is -2.36. The maximum atomic E-state index is 12.5. The van der Waals surface area contributed by atoms with E-state index in [4.69, 9.17) is 0 Å². The Morgan fingerprint density at radius 1 is 1.17 bits per heavy atom. The van der Waals surface area contributed by atoms with Gasteiger partial charge in [0.1, 0.15) is 5.78 Å². The fraction of sp³-hybridized carbons (Fsp3) is 0.471. The molecule has 0 bridgehead atoms. The van der Waals surface area contributed by atoms with Gasteiger partial charge in [0.2, 0.25) is 0 Å². The van der Waals surface area contributed by atoms with Crippen LogP contribution in [0.5, 0.6) is 0 Å². The fourth-order valence-electron chi connectivity index (χ4n) is 2.75. The first-order chi connectivity index (χ1) is 8.63. The molecule has 1 nitrogen and oxygen atoms in total. The van der Waals surface area contributed by atoms with Crippen molar-refractivity contribution < 1.29 is 4.79 Å². The molecular weight excluding hydrogens is 220 g/mol. The maximum Gasteiger partial charge on any atom is 0.147 e. The molecule has 1 aromatic rings. The van der Waals surface area contributed by atoms with Crippen LogP contribution in [-0.4, -0.2) is 5.78 Å². The molecule has 98 valence electrons. The smallest absolute Gasteiger partial charge is 0.147 e. The Morgan fingerprint density at radius 2 is 1.78 bits per heavy atom. The van der Waals surface area contributed by atoms with E-state index in [0.717, 1.165) is 30.4 Å². The zero-order valence-electron chi connectivity index (χ0n) is 11.8. The summed E-state index contributed by atoms with van der Waals surface area (Å²) in [7, 11) is 0. The highest BCUT2D eigenvalue weighted by Gasteiger charge is 2.38. The average Bonchev–Trinajstić information content (AvgIpc) is 2.41. The summed E-state index contributed by atoms with van der Waals surface area (Å²) < 4.78 is 0. The van der Waals surface area contributed by atoms with Crippen LogP contribution >= 0.6 is 0 Å². The van der Waals surface area contributed by atoms with E-state index in [1.807, 2.05) is 25.1 Å². The zero-order valence-corrected chi connectivity index (χ0v) is 11.8. The Labute approximate surface area is 111 Å². The standard InChI is InChI=1S/C17H24O/c1-5-11-14(4)17(7-3,16(18)6-2)15-12-9-8-10-13-15/h8-10,12-13H,4-7,11H2,1-3H3. The lowest BCUT2D eigenvalue weighted by atomic mass is 9.67. The number of ketones is 1. The summed E-state index contributed by atoms with van der Waals surface area (Å²) in [4.78, 5) is 12.5. The van der Waals surface area contributed by atoms with Crippen LogP contribution in [0.2, 0.25) is 0 Å². The van der Waals surface area contributed by atoms with Gasteiger partial charge in [-0.15, -0.1) is 0 Å². The van der Waals surface area contributed by atoms with Gasteiger partial charge in [-0.2, -0.15) is 0 Å². The summed E-state index contributed by atoms with van der Waals surface area (Å²) in [5.74, 6) is 0.287. The second-order valence-electron chi connectivity index (χ2n) is 4.76. The van der Waals surface area contributed by atoms with Gasteiger partial charge in [-0.1, -0.05) is 69.7 Å². The molecule has 18 heavy (non-hydrogen) atoms. The first-order valence-electron chi connectivity index (χ1n) is 6.90. The van der Waals surface area contributed by atoms with Crippen molar-refractivity contribution in [2.24, 2.45) is 0 Å². The Kier molecular flexibility index (Phi) is 5.33. The Bertz CT molecular complexity index is 405. The van der Waals surface area contributed by atoms with E-state index < -0.39 is 5.41 Å². The third-order valence-electron chi connectivity index (χ3n) is 3.75. The van der Waals surface area contributed by atoms with Crippen molar-refractivity contribution in [1.29, 1.82) is 0 Å². The van der Waals surface area contributed by atoms with Gasteiger partial charge in [-0.3, -0.25) is 4.79 Å². The molecule has 0 radical (unpaired) electrons. The van der Waals surface area contributed by atoms with Crippen LogP contribution in [-0.2, 0) is 10.2 Å². The summed E-state index contributed by atoms with van der Waals surface area (Å²) in [5.41, 5.74) is 1.68. The monoisotopic (exact) mass is 244 g/mol. The van der Waals surface area contributed by atoms with Crippen LogP contribution in [0.4, 0.5) is 0 Å². The average molecular weight is 244 g/mol. The number of hydrogen-bond donors (Lipinski definition) is 0. The van der Waals surface area contributed by atoms with Crippen LogP contribution in [0, 0.1) is 0 Å². The minimum absolute atomic E-state index is 0.287. The highest BCUT2D eigenvalue weighted by atomic mass is 16.1. The van der Waals surface area contributed by atoms with E-state index in [1.165, 1.54) is 0 Å². The van der Waals surface area contributed by atoms with E-state index in [1.54, 1.807) is 0 Å². The normalized spacial score (nSPS) is 13.9. The van der Waals surface area contributed by atoms with Crippen molar-refractivity contribution in [1.82, 2.24) is 0 Å². The van der Waals surface area contributed by atoms with Gasteiger partial charge < -0.3 is 0 Å². The molecule has 0 saturated heterocycles. The molecule has 1 aromatic carbocycles. The lowest BCUT2D eigenvalue weighted by Gasteiger charge is -2.34. The van der Waals surface area contributed by atoms with Crippen molar-refractivity contribution in [3.05, 3.63) is 48.0 Å². The number of Topliss-reactive ketones (excluding diaryl/α,β-unsaturated/α-hetero) is 1. The van der Waals surface area contributed by atoms with Gasteiger partial charge in [0.15, 0.2) is 0 Å². The van der Waals surface area contributed by atoms with Crippen LogP contribution in [0.15, 0.2) is 42.5 Å². The number of carbonyl (C=O) groups is 1. The predicted octanol–water partition coefficient (Wildman–Crippen LogP) is 4.67. The molecule has 0 spiro atoms. The second kappa shape index (κ2) is 6.53. The number of benzene rings is 1. The van der Waals surface area contributed by atoms with Crippen molar-refractivity contribution in [2.75, 3.05) is 0 Å². The van der Waals surface area contributed by atoms with Crippen molar-refractivity contribution in [3.63, 3.8) is 0 Å². The van der Waals surface area contributed by atoms with Gasteiger partial charge >= 0.3 is 0 Å².